The summed E-state index contributed by atoms with van der Waals surface area (Å²) in [5, 5.41) is 11.0. The van der Waals surface area contributed by atoms with Gasteiger partial charge in [0.25, 0.3) is 0 Å². The van der Waals surface area contributed by atoms with E-state index in [2.05, 4.69) is 20.2 Å². The third kappa shape index (κ3) is 4.23. The van der Waals surface area contributed by atoms with Crippen LogP contribution < -0.4 is 10.2 Å². The van der Waals surface area contributed by atoms with Crippen molar-refractivity contribution in [3.05, 3.63) is 42.5 Å². The third-order valence-electron chi connectivity index (χ3n) is 4.46. The van der Waals surface area contributed by atoms with Gasteiger partial charge in [0, 0.05) is 28.6 Å². The fourth-order valence-corrected chi connectivity index (χ4v) is 5.09. The minimum Gasteiger partial charge on any atom is -0.465 e. The van der Waals surface area contributed by atoms with Crippen LogP contribution in [0.1, 0.15) is 0 Å². The number of sulfone groups is 1. The molecule has 0 saturated carbocycles. The third-order valence-corrected chi connectivity index (χ3v) is 7.07. The lowest BCUT2D eigenvalue weighted by atomic mass is 10.3. The lowest BCUT2D eigenvalue weighted by Crippen LogP contribution is -2.40. The number of hydrogen-bond donors (Lipinski definition) is 3. The zero-order chi connectivity index (χ0) is 19.7. The number of aromatic amines is 1. The second-order valence-electron chi connectivity index (χ2n) is 6.43. The summed E-state index contributed by atoms with van der Waals surface area (Å²) in [6.45, 7) is 1.05. The first-order valence-electron chi connectivity index (χ1n) is 8.61. The van der Waals surface area contributed by atoms with E-state index in [1.807, 2.05) is 42.5 Å². The van der Waals surface area contributed by atoms with Crippen LogP contribution in [0.25, 0.3) is 11.0 Å². The van der Waals surface area contributed by atoms with E-state index in [-0.39, 0.29) is 17.5 Å². The Morgan fingerprint density at radius 1 is 1.11 bits per heavy atom. The van der Waals surface area contributed by atoms with Gasteiger partial charge >= 0.3 is 6.09 Å². The van der Waals surface area contributed by atoms with Crippen molar-refractivity contribution in [3.63, 3.8) is 0 Å². The lowest BCUT2D eigenvalue weighted by Gasteiger charge is -2.28. The molecule has 4 rings (SSSR count). The molecule has 2 heterocycles. The maximum Gasteiger partial charge on any atom is 0.411 e. The van der Waals surface area contributed by atoms with Crippen LogP contribution in [-0.4, -0.2) is 54.2 Å². The van der Waals surface area contributed by atoms with Crippen LogP contribution in [0.5, 0.6) is 0 Å². The van der Waals surface area contributed by atoms with Gasteiger partial charge in [-0.2, -0.15) is 0 Å². The molecule has 3 aromatic rings. The van der Waals surface area contributed by atoms with E-state index in [1.165, 1.54) is 0 Å². The van der Waals surface area contributed by atoms with E-state index < -0.39 is 15.9 Å². The first-order valence-corrected chi connectivity index (χ1v) is 11.2. The number of imidazole rings is 1. The first kappa shape index (κ1) is 18.6. The Bertz CT molecular complexity index is 1110. The monoisotopic (exact) mass is 418 g/mol. The Morgan fingerprint density at radius 3 is 2.46 bits per heavy atom. The highest BCUT2D eigenvalue weighted by molar-refractivity contribution is 7.99. The first-order chi connectivity index (χ1) is 13.4. The zero-order valence-corrected chi connectivity index (χ0v) is 16.4. The molecule has 1 saturated heterocycles. The Balaban J connectivity index is 1.46. The molecule has 0 bridgehead atoms. The van der Waals surface area contributed by atoms with Crippen LogP contribution >= 0.6 is 11.8 Å². The van der Waals surface area contributed by atoms with Crippen LogP contribution in [0, 0.1) is 0 Å². The second kappa shape index (κ2) is 7.36. The van der Waals surface area contributed by atoms with Gasteiger partial charge in [-0.15, -0.1) is 0 Å². The molecule has 1 amide bonds. The average Bonchev–Trinajstić information content (AvgIpc) is 3.03. The quantitative estimate of drug-likeness (QED) is 0.596. The van der Waals surface area contributed by atoms with E-state index in [9.17, 15) is 13.2 Å². The Labute approximate surface area is 165 Å². The number of carboxylic acid groups (broad SMARTS) is 1. The zero-order valence-electron chi connectivity index (χ0n) is 14.8. The lowest BCUT2D eigenvalue weighted by molar-refractivity contribution is 0.209. The van der Waals surface area contributed by atoms with Crippen molar-refractivity contribution in [2.24, 2.45) is 0 Å². The molecular formula is C18H18N4O4S2. The molecule has 0 atom stereocenters. The fraction of sp³-hybridized carbons (Fsp3) is 0.222. The van der Waals surface area contributed by atoms with Gasteiger partial charge in [-0.1, -0.05) is 11.8 Å². The van der Waals surface area contributed by atoms with Gasteiger partial charge in [0.1, 0.15) is 0 Å². The maximum atomic E-state index is 11.6. The number of rotatable bonds is 4. The van der Waals surface area contributed by atoms with Crippen LogP contribution in [-0.2, 0) is 9.84 Å². The smallest absolute Gasteiger partial charge is 0.411 e. The minimum absolute atomic E-state index is 0.192. The predicted octanol–water partition coefficient (Wildman–Crippen LogP) is 3.04. The van der Waals surface area contributed by atoms with Crippen LogP contribution in [0.2, 0.25) is 0 Å². The summed E-state index contributed by atoms with van der Waals surface area (Å²) in [6, 6.07) is 13.7. The van der Waals surface area contributed by atoms with Gasteiger partial charge < -0.3 is 15.0 Å². The van der Waals surface area contributed by atoms with E-state index in [0.29, 0.717) is 18.6 Å². The normalized spacial score (nSPS) is 16.2. The predicted molar refractivity (Wildman–Crippen MR) is 109 cm³/mol. The van der Waals surface area contributed by atoms with Gasteiger partial charge in [0.15, 0.2) is 9.84 Å². The number of anilines is 2. The molecule has 3 N–H and O–H groups in total. The van der Waals surface area contributed by atoms with Crippen LogP contribution in [0.4, 0.5) is 16.4 Å². The number of carbonyl (C=O) groups is 1. The molecule has 1 aromatic heterocycles. The average molecular weight is 419 g/mol. The number of amides is 1. The molecule has 2 aromatic carbocycles. The summed E-state index contributed by atoms with van der Waals surface area (Å²) in [7, 11) is -2.89. The minimum atomic E-state index is -2.89. The van der Waals surface area contributed by atoms with Crippen molar-refractivity contribution in [1.82, 2.24) is 9.97 Å². The number of nitrogens with one attached hydrogen (secondary N) is 2. The Hall–Kier alpha value is -2.72. The molecule has 0 radical (unpaired) electrons. The van der Waals surface area contributed by atoms with Crippen molar-refractivity contribution in [3.8, 4) is 0 Å². The number of nitrogens with zero attached hydrogens (tertiary/aromatic N) is 2. The van der Waals surface area contributed by atoms with Crippen molar-refractivity contribution < 1.29 is 18.3 Å². The summed E-state index contributed by atoms with van der Waals surface area (Å²) in [4.78, 5) is 22.0. The van der Waals surface area contributed by atoms with Crippen molar-refractivity contribution in [1.29, 1.82) is 0 Å². The highest BCUT2D eigenvalue weighted by Crippen LogP contribution is 2.31. The molecule has 1 fully saturated rings. The summed E-state index contributed by atoms with van der Waals surface area (Å²) < 4.78 is 23.1. The number of aromatic nitrogens is 2. The van der Waals surface area contributed by atoms with Crippen molar-refractivity contribution >= 4 is 50.4 Å². The standard InChI is InChI=1S/C18H18N4O4S2/c23-18(24)21-17-19-15-6-5-14(11-16(15)20-17)27-13-3-1-12(2-4-13)22-7-9-28(25,26)10-8-22/h1-6,11H,7-10H2,(H,23,24)(H2,19,20,21). The fourth-order valence-electron chi connectivity index (χ4n) is 3.04. The molecule has 1 aliphatic heterocycles. The van der Waals surface area contributed by atoms with E-state index in [4.69, 9.17) is 5.11 Å². The van der Waals surface area contributed by atoms with Gasteiger partial charge in [0.2, 0.25) is 5.95 Å². The SMILES string of the molecule is O=C(O)Nc1nc2cc(Sc3ccc(N4CCS(=O)(=O)CC4)cc3)ccc2[nH]1. The number of H-pyrrole nitrogens is 1. The highest BCUT2D eigenvalue weighted by Gasteiger charge is 2.21. The number of hydrogen-bond acceptors (Lipinski definition) is 6. The van der Waals surface area contributed by atoms with E-state index in [0.717, 1.165) is 21.0 Å². The molecule has 0 aliphatic carbocycles. The summed E-state index contributed by atoms with van der Waals surface area (Å²) in [5.74, 6) is 0.593. The molecule has 1 aliphatic rings. The maximum absolute atomic E-state index is 11.6. The molecule has 28 heavy (non-hydrogen) atoms. The van der Waals surface area contributed by atoms with Crippen molar-refractivity contribution in [2.75, 3.05) is 34.8 Å². The second-order valence-corrected chi connectivity index (χ2v) is 9.88. The summed E-state index contributed by atoms with van der Waals surface area (Å²) >= 11 is 1.58. The molecular weight excluding hydrogens is 400 g/mol. The highest BCUT2D eigenvalue weighted by atomic mass is 32.2. The van der Waals surface area contributed by atoms with Gasteiger partial charge in [-0.25, -0.2) is 18.2 Å². The summed E-state index contributed by atoms with van der Waals surface area (Å²) in [6.07, 6.45) is -1.17. The van der Waals surface area contributed by atoms with Gasteiger partial charge in [-0.3, -0.25) is 5.32 Å². The van der Waals surface area contributed by atoms with Gasteiger partial charge in [-0.05, 0) is 42.5 Å². The van der Waals surface area contributed by atoms with Crippen molar-refractivity contribution in [2.45, 2.75) is 9.79 Å². The Kier molecular flexibility index (Phi) is 4.90. The van der Waals surface area contributed by atoms with Crippen LogP contribution in [0.3, 0.4) is 0 Å². The molecule has 0 unspecified atom stereocenters. The van der Waals surface area contributed by atoms with E-state index >= 15 is 0 Å². The molecule has 146 valence electrons. The van der Waals surface area contributed by atoms with Crippen LogP contribution in [0.15, 0.2) is 52.3 Å². The topological polar surface area (TPSA) is 115 Å². The van der Waals surface area contributed by atoms with Gasteiger partial charge in [0.05, 0.1) is 22.5 Å². The van der Waals surface area contributed by atoms with E-state index in [1.54, 1.807) is 11.8 Å². The molecule has 10 heteroatoms. The number of benzene rings is 2. The molecule has 8 nitrogen and oxygen atoms in total. The Morgan fingerprint density at radius 2 is 1.79 bits per heavy atom. The summed E-state index contributed by atoms with van der Waals surface area (Å²) in [5.41, 5.74) is 2.45. The molecule has 0 spiro atoms. The number of fused-ring (bicyclic) bond motifs is 1. The largest absolute Gasteiger partial charge is 0.465 e.